The van der Waals surface area contributed by atoms with Gasteiger partial charge in [0.1, 0.15) is 0 Å². The van der Waals surface area contributed by atoms with Crippen LogP contribution in [0.4, 0.5) is 34.1 Å². The van der Waals surface area contributed by atoms with Crippen LogP contribution in [0.5, 0.6) is 23.0 Å². The minimum Gasteiger partial charge on any atom is -0.453 e. The molecule has 0 saturated heterocycles. The summed E-state index contributed by atoms with van der Waals surface area (Å²) in [6.07, 6.45) is 0. The van der Waals surface area contributed by atoms with Gasteiger partial charge in [-0.2, -0.15) is 5.26 Å². The number of hydrogen-bond acceptors (Lipinski definition) is 8. The summed E-state index contributed by atoms with van der Waals surface area (Å²) in [6.45, 7) is 0. The smallest absolute Gasteiger partial charge is 0.164 e. The summed E-state index contributed by atoms with van der Waals surface area (Å²) in [5.74, 6) is 4.76. The lowest BCUT2D eigenvalue weighted by molar-refractivity contribution is 0.477. The molecule has 10 rings (SSSR count). The molecular formula is C46H28N6O2. The van der Waals surface area contributed by atoms with E-state index in [1.54, 1.807) is 12.1 Å². The first-order valence-corrected chi connectivity index (χ1v) is 17.5. The van der Waals surface area contributed by atoms with E-state index in [9.17, 15) is 5.26 Å². The molecule has 0 bridgehead atoms. The van der Waals surface area contributed by atoms with Crippen molar-refractivity contribution < 1.29 is 9.47 Å². The van der Waals surface area contributed by atoms with Gasteiger partial charge in [-0.1, -0.05) is 48.5 Å². The Bertz CT molecular complexity index is 2490. The van der Waals surface area contributed by atoms with E-state index in [-0.39, 0.29) is 0 Å². The fraction of sp³-hybridized carbons (Fsp3) is 0. The predicted octanol–water partition coefficient (Wildman–Crippen LogP) is 11.9. The van der Waals surface area contributed by atoms with Crippen molar-refractivity contribution in [3.8, 4) is 63.2 Å². The third-order valence-electron chi connectivity index (χ3n) is 9.54. The average Bonchev–Trinajstić information content (AvgIpc) is 3.24. The van der Waals surface area contributed by atoms with Crippen molar-refractivity contribution in [3.63, 3.8) is 0 Å². The minimum absolute atomic E-state index is 0.514. The lowest BCUT2D eigenvalue weighted by Gasteiger charge is -2.32. The second kappa shape index (κ2) is 12.8. The highest BCUT2D eigenvalue weighted by atomic mass is 16.5. The van der Waals surface area contributed by atoms with Crippen LogP contribution < -0.4 is 19.3 Å². The van der Waals surface area contributed by atoms with Crippen molar-refractivity contribution in [1.29, 1.82) is 5.26 Å². The molecule has 0 saturated carbocycles. The van der Waals surface area contributed by atoms with Gasteiger partial charge in [0.25, 0.3) is 0 Å². The lowest BCUT2D eigenvalue weighted by Crippen LogP contribution is -2.15. The Hall–Kier alpha value is -7.76. The maximum absolute atomic E-state index is 9.42. The Labute approximate surface area is 311 Å². The molecule has 7 aromatic carbocycles. The monoisotopic (exact) mass is 696 g/mol. The highest BCUT2D eigenvalue weighted by molar-refractivity contribution is 5.88. The topological polar surface area (TPSA) is 87.4 Å². The number of nitriles is 1. The van der Waals surface area contributed by atoms with Gasteiger partial charge in [0.15, 0.2) is 40.5 Å². The van der Waals surface area contributed by atoms with Gasteiger partial charge in [-0.15, -0.1) is 0 Å². The van der Waals surface area contributed by atoms with Crippen molar-refractivity contribution in [1.82, 2.24) is 15.0 Å². The maximum atomic E-state index is 9.42. The first-order valence-electron chi connectivity index (χ1n) is 17.5. The minimum atomic E-state index is 0.514. The molecule has 2 aliphatic rings. The van der Waals surface area contributed by atoms with E-state index in [2.05, 4.69) is 64.4 Å². The van der Waals surface area contributed by atoms with E-state index < -0.39 is 0 Å². The van der Waals surface area contributed by atoms with Gasteiger partial charge in [0.05, 0.1) is 34.4 Å². The van der Waals surface area contributed by atoms with Gasteiger partial charge in [0.2, 0.25) is 0 Å². The average molecular weight is 697 g/mol. The zero-order valence-electron chi connectivity index (χ0n) is 28.7. The lowest BCUT2D eigenvalue weighted by atomic mass is 10.1. The van der Waals surface area contributed by atoms with E-state index in [4.69, 9.17) is 24.4 Å². The Morgan fingerprint density at radius 3 is 0.981 bits per heavy atom. The first-order chi connectivity index (χ1) is 26.7. The largest absolute Gasteiger partial charge is 0.453 e. The summed E-state index contributed by atoms with van der Waals surface area (Å²) in [5.41, 5.74) is 8.83. The molecule has 0 unspecified atom stereocenters. The zero-order chi connectivity index (χ0) is 36.0. The van der Waals surface area contributed by atoms with Gasteiger partial charge in [-0.3, -0.25) is 0 Å². The summed E-state index contributed by atoms with van der Waals surface area (Å²) >= 11 is 0. The number of benzene rings is 7. The van der Waals surface area contributed by atoms with Crippen LogP contribution in [0.1, 0.15) is 5.56 Å². The quantitative estimate of drug-likeness (QED) is 0.176. The van der Waals surface area contributed by atoms with E-state index in [0.717, 1.165) is 73.8 Å². The molecule has 0 N–H and O–H groups in total. The molecule has 8 nitrogen and oxygen atoms in total. The summed E-state index contributed by atoms with van der Waals surface area (Å²) in [7, 11) is 0. The van der Waals surface area contributed by atoms with Gasteiger partial charge in [-0.05, 0) is 121 Å². The molecule has 2 aliphatic heterocycles. The van der Waals surface area contributed by atoms with Crippen LogP contribution in [0.3, 0.4) is 0 Å². The zero-order valence-corrected chi connectivity index (χ0v) is 28.7. The third kappa shape index (κ3) is 5.36. The van der Waals surface area contributed by atoms with Gasteiger partial charge < -0.3 is 19.3 Å². The second-order valence-corrected chi connectivity index (χ2v) is 12.8. The molecule has 254 valence electrons. The number of para-hydroxylation sites is 8. The number of aromatic nitrogens is 3. The highest BCUT2D eigenvalue weighted by Gasteiger charge is 2.27. The van der Waals surface area contributed by atoms with Crippen LogP contribution in [0.2, 0.25) is 0 Å². The molecule has 1 aromatic heterocycles. The molecule has 0 fully saturated rings. The van der Waals surface area contributed by atoms with Crippen LogP contribution in [-0.2, 0) is 0 Å². The van der Waals surface area contributed by atoms with E-state index in [1.807, 2.05) is 109 Å². The van der Waals surface area contributed by atoms with Crippen LogP contribution in [0.15, 0.2) is 170 Å². The van der Waals surface area contributed by atoms with Crippen molar-refractivity contribution in [3.05, 3.63) is 175 Å². The summed E-state index contributed by atoms with van der Waals surface area (Å²) < 4.78 is 12.5. The Morgan fingerprint density at radius 2 is 0.667 bits per heavy atom. The van der Waals surface area contributed by atoms with Gasteiger partial charge >= 0.3 is 0 Å². The standard InChI is InChI=1S/C46H28N6O2/c47-29-30-17-19-31(20-18-30)44-48-45(32-21-25-34(26-22-32)51-36-9-1-5-13-40(36)53-41-14-6-2-10-37(41)51)50-46(49-44)33-23-27-35(28-24-33)52-38-11-3-7-15-42(38)54-43-16-8-4-12-39(43)52/h1-28H. The molecule has 0 spiro atoms. The molecule has 0 atom stereocenters. The fourth-order valence-corrected chi connectivity index (χ4v) is 6.94. The Balaban J connectivity index is 1.04. The fourth-order valence-electron chi connectivity index (χ4n) is 6.94. The number of hydrogen-bond donors (Lipinski definition) is 0. The summed E-state index contributed by atoms with van der Waals surface area (Å²) in [4.78, 5) is 19.3. The molecular weight excluding hydrogens is 669 g/mol. The van der Waals surface area contributed by atoms with Crippen molar-refractivity contribution >= 4 is 34.1 Å². The van der Waals surface area contributed by atoms with Crippen molar-refractivity contribution in [2.24, 2.45) is 0 Å². The number of rotatable bonds is 5. The first kappa shape index (κ1) is 31.0. The predicted molar refractivity (Wildman–Crippen MR) is 210 cm³/mol. The van der Waals surface area contributed by atoms with Gasteiger partial charge in [0, 0.05) is 28.1 Å². The SMILES string of the molecule is N#Cc1ccc(-c2nc(-c3ccc(N4c5ccccc5Oc5ccccc54)cc3)nc(-c3ccc(N4c5ccccc5Oc5ccccc54)cc3)n2)cc1. The number of nitrogens with zero attached hydrogens (tertiary/aromatic N) is 6. The number of anilines is 6. The Kier molecular flexibility index (Phi) is 7.34. The summed E-state index contributed by atoms with van der Waals surface area (Å²) in [6, 6.07) is 58.1. The molecule has 0 amide bonds. The molecule has 0 aliphatic carbocycles. The molecule has 8 heteroatoms. The molecule has 54 heavy (non-hydrogen) atoms. The highest BCUT2D eigenvalue weighted by Crippen LogP contribution is 2.51. The van der Waals surface area contributed by atoms with Crippen LogP contribution in [-0.4, -0.2) is 15.0 Å². The third-order valence-corrected chi connectivity index (χ3v) is 9.54. The van der Waals surface area contributed by atoms with Crippen LogP contribution in [0.25, 0.3) is 34.2 Å². The van der Waals surface area contributed by atoms with Crippen LogP contribution >= 0.6 is 0 Å². The van der Waals surface area contributed by atoms with Crippen molar-refractivity contribution in [2.45, 2.75) is 0 Å². The molecule has 0 radical (unpaired) electrons. The normalized spacial score (nSPS) is 12.3. The maximum Gasteiger partial charge on any atom is 0.164 e. The van der Waals surface area contributed by atoms with Crippen LogP contribution in [0, 0.1) is 11.3 Å². The molecule has 3 heterocycles. The van der Waals surface area contributed by atoms with E-state index in [1.165, 1.54) is 0 Å². The van der Waals surface area contributed by atoms with E-state index >= 15 is 0 Å². The Morgan fingerprint density at radius 1 is 0.370 bits per heavy atom. The summed E-state index contributed by atoms with van der Waals surface area (Å²) in [5, 5.41) is 9.42. The second-order valence-electron chi connectivity index (χ2n) is 12.8. The van der Waals surface area contributed by atoms with E-state index in [0.29, 0.717) is 23.0 Å². The van der Waals surface area contributed by atoms with Crippen molar-refractivity contribution in [2.75, 3.05) is 9.80 Å². The number of fused-ring (bicyclic) bond motifs is 4. The van der Waals surface area contributed by atoms with Gasteiger partial charge in [-0.25, -0.2) is 15.0 Å². The number of ether oxygens (including phenoxy) is 2. The molecule has 8 aromatic rings.